The van der Waals surface area contributed by atoms with Crippen LogP contribution in [0.15, 0.2) is 18.2 Å². The molecule has 0 saturated carbocycles. The summed E-state index contributed by atoms with van der Waals surface area (Å²) in [7, 11) is 4.02. The van der Waals surface area contributed by atoms with Gasteiger partial charge >= 0.3 is 0 Å². The fraction of sp³-hybridized carbons (Fsp3) is 0.647. The van der Waals surface area contributed by atoms with Crippen LogP contribution < -0.4 is 10.2 Å². The number of halogens is 1. The molecule has 0 amide bonds. The van der Waals surface area contributed by atoms with Gasteiger partial charge in [0.1, 0.15) is 0 Å². The highest BCUT2D eigenvalue weighted by molar-refractivity contribution is 6.31. The van der Waals surface area contributed by atoms with E-state index in [0.717, 1.165) is 42.5 Å². The van der Waals surface area contributed by atoms with E-state index < -0.39 is 0 Å². The number of aliphatic hydroxyl groups excluding tert-OH is 1. The van der Waals surface area contributed by atoms with Crippen molar-refractivity contribution in [3.63, 3.8) is 0 Å². The molecule has 2 N–H and O–H groups in total. The summed E-state index contributed by atoms with van der Waals surface area (Å²) in [5.74, 6) is 0. The maximum absolute atomic E-state index is 9.90. The van der Waals surface area contributed by atoms with Gasteiger partial charge in [-0.2, -0.15) is 0 Å². The van der Waals surface area contributed by atoms with Crippen molar-refractivity contribution >= 4 is 17.3 Å². The zero-order chi connectivity index (χ0) is 16.3. The molecule has 0 spiro atoms. The monoisotopic (exact) mass is 325 g/mol. The van der Waals surface area contributed by atoms with Crippen LogP contribution in [0.3, 0.4) is 0 Å². The van der Waals surface area contributed by atoms with Gasteiger partial charge in [-0.05, 0) is 17.7 Å². The first-order valence-corrected chi connectivity index (χ1v) is 8.27. The first-order valence-electron chi connectivity index (χ1n) is 7.89. The Morgan fingerprint density at radius 2 is 1.95 bits per heavy atom. The zero-order valence-electron chi connectivity index (χ0n) is 14.1. The predicted molar refractivity (Wildman–Crippen MR) is 93.8 cm³/mol. The fourth-order valence-corrected chi connectivity index (χ4v) is 3.43. The molecule has 2 rings (SSSR count). The van der Waals surface area contributed by atoms with Crippen LogP contribution in [0.5, 0.6) is 0 Å². The predicted octanol–water partition coefficient (Wildman–Crippen LogP) is 2.37. The Hall–Kier alpha value is -0.810. The number of nitrogens with one attached hydrogen (secondary N) is 1. The number of anilines is 1. The molecular formula is C17H28ClN3O. The van der Waals surface area contributed by atoms with E-state index in [9.17, 15) is 5.11 Å². The van der Waals surface area contributed by atoms with Crippen molar-refractivity contribution in [3.8, 4) is 0 Å². The van der Waals surface area contributed by atoms with E-state index in [1.807, 2.05) is 25.1 Å². The quantitative estimate of drug-likeness (QED) is 0.872. The average molecular weight is 326 g/mol. The Balaban J connectivity index is 2.40. The largest absolute Gasteiger partial charge is 0.396 e. The highest BCUT2D eigenvalue weighted by Gasteiger charge is 2.36. The lowest BCUT2D eigenvalue weighted by Gasteiger charge is -2.44. The third kappa shape index (κ3) is 3.74. The SMILES string of the molecule is CN(C)c1ccc([C@@H](N2CCNCC2)C(C)(C)CO)c(Cl)c1. The number of hydrogen-bond acceptors (Lipinski definition) is 4. The molecule has 1 heterocycles. The summed E-state index contributed by atoms with van der Waals surface area (Å²) in [5, 5.41) is 14.1. The number of nitrogens with zero attached hydrogens (tertiary/aromatic N) is 2. The van der Waals surface area contributed by atoms with Gasteiger partial charge in [0.05, 0.1) is 0 Å². The van der Waals surface area contributed by atoms with Crippen LogP contribution in [0, 0.1) is 5.41 Å². The maximum Gasteiger partial charge on any atom is 0.0500 e. The third-order valence-electron chi connectivity index (χ3n) is 4.46. The molecule has 0 radical (unpaired) electrons. The van der Waals surface area contributed by atoms with Gasteiger partial charge in [-0.15, -0.1) is 0 Å². The van der Waals surface area contributed by atoms with Gasteiger partial charge in [-0.25, -0.2) is 0 Å². The third-order valence-corrected chi connectivity index (χ3v) is 4.79. The second-order valence-electron chi connectivity index (χ2n) is 6.94. The molecule has 1 aliphatic rings. The van der Waals surface area contributed by atoms with Crippen molar-refractivity contribution in [2.75, 3.05) is 51.8 Å². The topological polar surface area (TPSA) is 38.7 Å². The van der Waals surface area contributed by atoms with E-state index in [0.29, 0.717) is 0 Å². The zero-order valence-corrected chi connectivity index (χ0v) is 14.8. The first kappa shape index (κ1) is 17.5. The van der Waals surface area contributed by atoms with E-state index >= 15 is 0 Å². The molecule has 1 saturated heterocycles. The Labute approximate surface area is 139 Å². The second kappa shape index (κ2) is 7.18. The van der Waals surface area contributed by atoms with Gasteiger partial charge in [0, 0.05) is 69.0 Å². The van der Waals surface area contributed by atoms with Gasteiger partial charge in [0.25, 0.3) is 0 Å². The lowest BCUT2D eigenvalue weighted by molar-refractivity contribution is 0.0306. The molecule has 1 fully saturated rings. The van der Waals surface area contributed by atoms with Crippen molar-refractivity contribution in [2.45, 2.75) is 19.9 Å². The molecule has 1 aromatic carbocycles. The van der Waals surface area contributed by atoms with Crippen molar-refractivity contribution in [1.82, 2.24) is 10.2 Å². The number of aliphatic hydroxyl groups is 1. The Bertz CT molecular complexity index is 499. The summed E-state index contributed by atoms with van der Waals surface area (Å²) >= 11 is 6.60. The molecule has 4 nitrogen and oxygen atoms in total. The molecule has 1 aromatic rings. The molecule has 0 bridgehead atoms. The van der Waals surface area contributed by atoms with Gasteiger partial charge < -0.3 is 15.3 Å². The molecule has 5 heteroatoms. The second-order valence-corrected chi connectivity index (χ2v) is 7.34. The molecule has 1 aliphatic heterocycles. The molecule has 0 aliphatic carbocycles. The smallest absolute Gasteiger partial charge is 0.0500 e. The van der Waals surface area contributed by atoms with Gasteiger partial charge in [-0.1, -0.05) is 31.5 Å². The van der Waals surface area contributed by atoms with Crippen LogP contribution >= 0.6 is 11.6 Å². The van der Waals surface area contributed by atoms with E-state index in [-0.39, 0.29) is 18.1 Å². The lowest BCUT2D eigenvalue weighted by atomic mass is 9.79. The van der Waals surface area contributed by atoms with Crippen molar-refractivity contribution in [3.05, 3.63) is 28.8 Å². The lowest BCUT2D eigenvalue weighted by Crippen LogP contribution is -2.49. The fourth-order valence-electron chi connectivity index (χ4n) is 3.15. The van der Waals surface area contributed by atoms with Crippen LogP contribution in [0.2, 0.25) is 5.02 Å². The van der Waals surface area contributed by atoms with Crippen molar-refractivity contribution < 1.29 is 5.11 Å². The van der Waals surface area contributed by atoms with Crippen molar-refractivity contribution in [2.24, 2.45) is 5.41 Å². The van der Waals surface area contributed by atoms with Gasteiger partial charge in [0.2, 0.25) is 0 Å². The summed E-state index contributed by atoms with van der Waals surface area (Å²) in [6.45, 7) is 8.25. The maximum atomic E-state index is 9.90. The van der Waals surface area contributed by atoms with Gasteiger partial charge in [0.15, 0.2) is 0 Å². The minimum atomic E-state index is -0.249. The first-order chi connectivity index (χ1) is 10.4. The van der Waals surface area contributed by atoms with E-state index in [1.165, 1.54) is 0 Å². The highest BCUT2D eigenvalue weighted by atomic mass is 35.5. The minimum Gasteiger partial charge on any atom is -0.396 e. The van der Waals surface area contributed by atoms with Crippen LogP contribution in [0.4, 0.5) is 5.69 Å². The number of hydrogen-bond donors (Lipinski definition) is 2. The standard InChI is InChI=1S/C17H28ClN3O/c1-17(2,12-22)16(21-9-7-19-8-10-21)14-6-5-13(20(3)4)11-15(14)18/h5-6,11,16,19,22H,7-10,12H2,1-4H3/t16-/m1/s1. The number of rotatable bonds is 5. The average Bonchev–Trinajstić information content (AvgIpc) is 2.50. The highest BCUT2D eigenvalue weighted by Crippen LogP contribution is 2.41. The molecule has 0 aromatic heterocycles. The van der Waals surface area contributed by atoms with Crippen LogP contribution in [-0.4, -0.2) is 56.9 Å². The van der Waals surface area contributed by atoms with Gasteiger partial charge in [-0.3, -0.25) is 4.90 Å². The molecule has 0 unspecified atom stereocenters. The molecule has 1 atom stereocenters. The molecule has 124 valence electrons. The van der Waals surface area contributed by atoms with Crippen LogP contribution in [-0.2, 0) is 0 Å². The summed E-state index contributed by atoms with van der Waals surface area (Å²) in [6, 6.07) is 6.34. The van der Waals surface area contributed by atoms with E-state index in [4.69, 9.17) is 11.6 Å². The number of piperazine rings is 1. The Morgan fingerprint density at radius 1 is 1.32 bits per heavy atom. The van der Waals surface area contributed by atoms with Crippen LogP contribution in [0.1, 0.15) is 25.5 Å². The van der Waals surface area contributed by atoms with E-state index in [2.05, 4.69) is 36.2 Å². The summed E-state index contributed by atoms with van der Waals surface area (Å²) in [6.07, 6.45) is 0. The molecular weight excluding hydrogens is 298 g/mol. The van der Waals surface area contributed by atoms with Crippen LogP contribution in [0.25, 0.3) is 0 Å². The number of benzene rings is 1. The Morgan fingerprint density at radius 3 is 2.45 bits per heavy atom. The normalized spacial score (nSPS) is 18.3. The van der Waals surface area contributed by atoms with Crippen molar-refractivity contribution in [1.29, 1.82) is 0 Å². The Kier molecular flexibility index (Phi) is 5.72. The minimum absolute atomic E-state index is 0.114. The summed E-state index contributed by atoms with van der Waals surface area (Å²) in [4.78, 5) is 4.48. The molecule has 22 heavy (non-hydrogen) atoms. The van der Waals surface area contributed by atoms with E-state index in [1.54, 1.807) is 0 Å². The summed E-state index contributed by atoms with van der Waals surface area (Å²) < 4.78 is 0. The summed E-state index contributed by atoms with van der Waals surface area (Å²) in [5.41, 5.74) is 1.95.